The van der Waals surface area contributed by atoms with Gasteiger partial charge in [0, 0.05) is 24.3 Å². The number of fused-ring (bicyclic) bond motifs is 1. The molecule has 0 radical (unpaired) electrons. The van der Waals surface area contributed by atoms with E-state index in [1.54, 1.807) is 20.8 Å². The molecule has 210 valence electrons. The molecule has 0 aromatic heterocycles. The minimum Gasteiger partial charge on any atom is -0.489 e. The van der Waals surface area contributed by atoms with E-state index in [1.807, 2.05) is 25.2 Å². The summed E-state index contributed by atoms with van der Waals surface area (Å²) in [7, 11) is -2.16. The topological polar surface area (TPSA) is 138 Å². The van der Waals surface area contributed by atoms with E-state index in [1.165, 1.54) is 34.6 Å². The number of rotatable bonds is 7. The normalized spacial score (nSPS) is 18.4. The summed E-state index contributed by atoms with van der Waals surface area (Å²) in [6, 6.07) is 14.1. The molecule has 2 aromatic rings. The quantitative estimate of drug-likeness (QED) is 0.349. The molecule has 39 heavy (non-hydrogen) atoms. The van der Waals surface area contributed by atoms with E-state index in [-0.39, 0.29) is 24.0 Å². The number of likely N-dealkylation sites (tertiary alicyclic amines) is 1. The first-order valence-electron chi connectivity index (χ1n) is 12.5. The zero-order valence-corrected chi connectivity index (χ0v) is 23.4. The van der Waals surface area contributed by atoms with Gasteiger partial charge in [0.2, 0.25) is 10.0 Å². The van der Waals surface area contributed by atoms with Crippen molar-refractivity contribution >= 4 is 33.3 Å². The third-order valence-corrected chi connectivity index (χ3v) is 8.20. The number of carbonyl (C=O) groups is 2. The molecule has 2 heterocycles. The van der Waals surface area contributed by atoms with Gasteiger partial charge in [-0.3, -0.25) is 10.0 Å². The molecular formula is C27H34N4O7S. The van der Waals surface area contributed by atoms with Crippen LogP contribution in [0.25, 0.3) is 5.57 Å². The van der Waals surface area contributed by atoms with E-state index in [0.29, 0.717) is 12.4 Å². The lowest BCUT2D eigenvalue weighted by Gasteiger charge is -2.47. The predicted octanol–water partition coefficient (Wildman–Crippen LogP) is 2.76. The van der Waals surface area contributed by atoms with Crippen molar-refractivity contribution in [3.05, 3.63) is 60.2 Å². The van der Waals surface area contributed by atoms with Crippen LogP contribution in [0.15, 0.2) is 59.5 Å². The second-order valence-corrected chi connectivity index (χ2v) is 12.5. The summed E-state index contributed by atoms with van der Waals surface area (Å²) < 4.78 is 39.8. The first kappa shape index (κ1) is 28.4. The van der Waals surface area contributed by atoms with Gasteiger partial charge in [-0.25, -0.2) is 18.7 Å². The van der Waals surface area contributed by atoms with Crippen LogP contribution in [-0.4, -0.2) is 74.5 Å². The molecule has 0 aliphatic carbocycles. The maximum atomic E-state index is 13.1. The molecule has 2 aromatic carbocycles. The summed E-state index contributed by atoms with van der Waals surface area (Å²) in [5.41, 5.74) is 2.20. The van der Waals surface area contributed by atoms with Crippen molar-refractivity contribution in [2.45, 2.75) is 49.8 Å². The van der Waals surface area contributed by atoms with Crippen LogP contribution in [0.5, 0.6) is 5.75 Å². The van der Waals surface area contributed by atoms with Crippen molar-refractivity contribution < 1.29 is 32.7 Å². The summed E-state index contributed by atoms with van der Waals surface area (Å²) >= 11 is 0. The number of hydroxylamine groups is 1. The fourth-order valence-corrected chi connectivity index (χ4v) is 5.85. The molecule has 4 rings (SSSR count). The SMILES string of the molecule is CC1C=C(COc2ccc(S(=O)(=O)NC3(C(=O)NO)CN(C(=O)OC(C)(C)C)C3)cc2)c2ccccc2N1C. The zero-order valence-electron chi connectivity index (χ0n) is 22.6. The number of anilines is 1. The van der Waals surface area contributed by atoms with E-state index in [9.17, 15) is 23.2 Å². The van der Waals surface area contributed by atoms with Crippen molar-refractivity contribution in [1.29, 1.82) is 0 Å². The molecule has 0 bridgehead atoms. The minimum atomic E-state index is -4.20. The first-order chi connectivity index (χ1) is 18.2. The molecule has 3 N–H and O–H groups in total. The van der Waals surface area contributed by atoms with E-state index in [0.717, 1.165) is 16.8 Å². The van der Waals surface area contributed by atoms with Gasteiger partial charge >= 0.3 is 6.09 Å². The van der Waals surface area contributed by atoms with Crippen LogP contribution < -0.4 is 19.8 Å². The van der Waals surface area contributed by atoms with Gasteiger partial charge in [-0.15, -0.1) is 0 Å². The largest absolute Gasteiger partial charge is 0.489 e. The van der Waals surface area contributed by atoms with Gasteiger partial charge < -0.3 is 19.3 Å². The van der Waals surface area contributed by atoms with Gasteiger partial charge in [0.15, 0.2) is 0 Å². The lowest BCUT2D eigenvalue weighted by atomic mass is 9.91. The Hall–Kier alpha value is -3.61. The van der Waals surface area contributed by atoms with E-state index in [4.69, 9.17) is 9.47 Å². The molecule has 1 fully saturated rings. The summed E-state index contributed by atoms with van der Waals surface area (Å²) in [5, 5.41) is 9.22. The Morgan fingerprint density at radius 2 is 1.74 bits per heavy atom. The number of hydrogen-bond acceptors (Lipinski definition) is 8. The lowest BCUT2D eigenvalue weighted by Crippen LogP contribution is -2.76. The number of likely N-dealkylation sites (N-methyl/N-ethyl adjacent to an activating group) is 1. The lowest BCUT2D eigenvalue weighted by molar-refractivity contribution is -0.141. The third-order valence-electron chi connectivity index (χ3n) is 6.65. The number of nitrogens with zero attached hydrogens (tertiary/aromatic N) is 2. The average molecular weight is 559 g/mol. The second kappa shape index (κ2) is 10.5. The Bertz CT molecular complexity index is 1380. The van der Waals surface area contributed by atoms with Gasteiger partial charge in [0.05, 0.1) is 18.0 Å². The number of carbonyl (C=O) groups excluding carboxylic acids is 2. The summed E-state index contributed by atoms with van der Waals surface area (Å²) in [6.07, 6.45) is 1.44. The Morgan fingerprint density at radius 3 is 2.36 bits per heavy atom. The standard InChI is InChI=1S/C27H34N4O7S/c1-18-14-19(22-8-6-7-9-23(22)30(18)5)15-37-20-10-12-21(13-11-20)39(35,36)29-27(24(32)28-34)16-31(17-27)25(33)38-26(2,3)4/h6-14,18,29,34H,15-17H2,1-5H3,(H,28,32). The van der Waals surface area contributed by atoms with Crippen LogP contribution in [-0.2, 0) is 19.6 Å². The van der Waals surface area contributed by atoms with Gasteiger partial charge in [-0.2, -0.15) is 4.72 Å². The molecule has 1 unspecified atom stereocenters. The predicted molar refractivity (Wildman–Crippen MR) is 145 cm³/mol. The highest BCUT2D eigenvalue weighted by molar-refractivity contribution is 7.89. The highest BCUT2D eigenvalue weighted by Gasteiger charge is 2.54. The Labute approximate surface area is 228 Å². The molecule has 12 heteroatoms. The van der Waals surface area contributed by atoms with Crippen molar-refractivity contribution in [3.63, 3.8) is 0 Å². The number of ether oxygens (including phenoxy) is 2. The summed E-state index contributed by atoms with van der Waals surface area (Å²) in [5.74, 6) is -0.506. The second-order valence-electron chi connectivity index (χ2n) is 10.8. The van der Waals surface area contributed by atoms with Crippen LogP contribution in [0.2, 0.25) is 0 Å². The van der Waals surface area contributed by atoms with Gasteiger partial charge in [0.25, 0.3) is 5.91 Å². The maximum Gasteiger partial charge on any atom is 0.410 e. The van der Waals surface area contributed by atoms with Crippen LogP contribution >= 0.6 is 0 Å². The smallest absolute Gasteiger partial charge is 0.410 e. The minimum absolute atomic E-state index is 0.104. The monoisotopic (exact) mass is 558 g/mol. The van der Waals surface area contributed by atoms with E-state index in [2.05, 4.69) is 28.7 Å². The average Bonchev–Trinajstić information content (AvgIpc) is 2.86. The zero-order chi connectivity index (χ0) is 28.6. The molecular weight excluding hydrogens is 524 g/mol. The molecule has 2 amide bonds. The van der Waals surface area contributed by atoms with Gasteiger partial charge in [0.1, 0.15) is 23.5 Å². The van der Waals surface area contributed by atoms with Crippen molar-refractivity contribution in [3.8, 4) is 5.75 Å². The van der Waals surface area contributed by atoms with Gasteiger partial charge in [-0.1, -0.05) is 24.3 Å². The van der Waals surface area contributed by atoms with Crippen LogP contribution in [0.3, 0.4) is 0 Å². The van der Waals surface area contributed by atoms with Crippen molar-refractivity contribution in [2.24, 2.45) is 0 Å². The molecule has 1 saturated heterocycles. The molecule has 2 aliphatic rings. The van der Waals surface area contributed by atoms with Crippen LogP contribution in [0.4, 0.5) is 10.5 Å². The van der Waals surface area contributed by atoms with Gasteiger partial charge in [-0.05, 0) is 63.6 Å². The van der Waals surface area contributed by atoms with Crippen molar-refractivity contribution in [1.82, 2.24) is 15.1 Å². The fourth-order valence-electron chi connectivity index (χ4n) is 4.51. The van der Waals surface area contributed by atoms with E-state index < -0.39 is 33.2 Å². The number of nitrogens with one attached hydrogen (secondary N) is 2. The Morgan fingerprint density at radius 1 is 1.10 bits per heavy atom. The molecule has 2 aliphatic heterocycles. The highest BCUT2D eigenvalue weighted by Crippen LogP contribution is 2.33. The van der Waals surface area contributed by atoms with E-state index >= 15 is 0 Å². The number of amides is 2. The number of benzene rings is 2. The number of sulfonamides is 1. The fraction of sp³-hybridized carbons (Fsp3) is 0.407. The van der Waals surface area contributed by atoms with Crippen LogP contribution in [0, 0.1) is 0 Å². The summed E-state index contributed by atoms with van der Waals surface area (Å²) in [4.78, 5) is 28.0. The Kier molecular flexibility index (Phi) is 7.66. The highest BCUT2D eigenvalue weighted by atomic mass is 32.2. The molecule has 11 nitrogen and oxygen atoms in total. The molecule has 0 spiro atoms. The molecule has 0 saturated carbocycles. The third kappa shape index (κ3) is 6.02. The Balaban J connectivity index is 1.43. The first-order valence-corrected chi connectivity index (χ1v) is 14.0. The number of hydrogen-bond donors (Lipinski definition) is 3. The molecule has 1 atom stereocenters. The van der Waals surface area contributed by atoms with Crippen molar-refractivity contribution in [2.75, 3.05) is 31.6 Å². The van der Waals surface area contributed by atoms with Crippen LogP contribution in [0.1, 0.15) is 33.3 Å². The maximum absolute atomic E-state index is 13.1. The summed E-state index contributed by atoms with van der Waals surface area (Å²) in [6.45, 7) is 6.87. The number of para-hydroxylation sites is 1.